The van der Waals surface area contributed by atoms with Crippen LogP contribution in [0.5, 0.6) is 0 Å². The minimum atomic E-state index is 0.0172. The molecule has 0 unspecified atom stereocenters. The van der Waals surface area contributed by atoms with E-state index in [9.17, 15) is 4.79 Å². The second-order valence-corrected chi connectivity index (χ2v) is 6.48. The standard InChI is InChI=1S/C22H19N3O/c1-14-7-8-19(26)21-17(12-15-5-3-2-4-6-15)22(25-18(21)11-14)16-9-10-24-20(23)13-16/h2-11,13,25H,12H2,1H3,(H2,23,24). The van der Waals surface area contributed by atoms with Crippen LogP contribution in [0.3, 0.4) is 0 Å². The van der Waals surface area contributed by atoms with Crippen LogP contribution in [-0.4, -0.2) is 9.97 Å². The summed E-state index contributed by atoms with van der Waals surface area (Å²) in [6, 6.07) is 19.4. The Morgan fingerprint density at radius 3 is 2.62 bits per heavy atom. The number of hydrogen-bond donors (Lipinski definition) is 2. The molecule has 0 aliphatic rings. The number of fused-ring (bicyclic) bond motifs is 1. The van der Waals surface area contributed by atoms with Crippen LogP contribution >= 0.6 is 0 Å². The van der Waals surface area contributed by atoms with Crippen molar-refractivity contribution in [2.45, 2.75) is 13.3 Å². The lowest BCUT2D eigenvalue weighted by atomic mass is 9.99. The number of pyridine rings is 1. The number of rotatable bonds is 3. The normalized spacial score (nSPS) is 11.0. The summed E-state index contributed by atoms with van der Waals surface area (Å²) in [6.07, 6.45) is 2.35. The molecule has 0 saturated carbocycles. The highest BCUT2D eigenvalue weighted by atomic mass is 16.1. The van der Waals surface area contributed by atoms with E-state index in [1.165, 1.54) is 0 Å². The number of hydrogen-bond acceptors (Lipinski definition) is 3. The first-order valence-electron chi connectivity index (χ1n) is 8.53. The van der Waals surface area contributed by atoms with Crippen LogP contribution in [0, 0.1) is 6.92 Å². The summed E-state index contributed by atoms with van der Waals surface area (Å²) in [7, 11) is 0. The topological polar surface area (TPSA) is 71.8 Å². The highest BCUT2D eigenvalue weighted by molar-refractivity contribution is 5.91. The van der Waals surface area contributed by atoms with Crippen molar-refractivity contribution in [1.29, 1.82) is 0 Å². The lowest BCUT2D eigenvalue weighted by molar-refractivity contribution is 1.20. The fourth-order valence-electron chi connectivity index (χ4n) is 3.34. The average Bonchev–Trinajstić information content (AvgIpc) is 2.91. The molecule has 4 rings (SSSR count). The van der Waals surface area contributed by atoms with Gasteiger partial charge in [0.25, 0.3) is 0 Å². The van der Waals surface area contributed by atoms with Gasteiger partial charge in [0.15, 0.2) is 5.43 Å². The second kappa shape index (κ2) is 6.48. The predicted octanol–water partition coefficient (Wildman–Crippen LogP) is 4.07. The summed E-state index contributed by atoms with van der Waals surface area (Å²) < 4.78 is 0. The van der Waals surface area contributed by atoms with Crippen molar-refractivity contribution >= 4 is 16.7 Å². The Balaban J connectivity index is 2.03. The van der Waals surface area contributed by atoms with Gasteiger partial charge in [0.05, 0.1) is 16.6 Å². The Hall–Kier alpha value is -3.40. The van der Waals surface area contributed by atoms with E-state index in [0.29, 0.717) is 12.2 Å². The molecule has 0 fully saturated rings. The minimum absolute atomic E-state index is 0.0172. The third kappa shape index (κ3) is 2.97. The van der Waals surface area contributed by atoms with E-state index in [-0.39, 0.29) is 5.43 Å². The van der Waals surface area contributed by atoms with Gasteiger partial charge in [-0.3, -0.25) is 4.79 Å². The monoisotopic (exact) mass is 341 g/mol. The van der Waals surface area contributed by atoms with Gasteiger partial charge >= 0.3 is 0 Å². The van der Waals surface area contributed by atoms with Crippen molar-refractivity contribution in [2.24, 2.45) is 0 Å². The van der Waals surface area contributed by atoms with Crippen molar-refractivity contribution < 1.29 is 0 Å². The summed E-state index contributed by atoms with van der Waals surface area (Å²) in [4.78, 5) is 20.3. The first-order chi connectivity index (χ1) is 12.6. The lowest BCUT2D eigenvalue weighted by Gasteiger charge is -2.06. The summed E-state index contributed by atoms with van der Waals surface area (Å²) in [6.45, 7) is 1.99. The number of nitrogen functional groups attached to an aromatic ring is 1. The van der Waals surface area contributed by atoms with Crippen LogP contribution in [0.15, 0.2) is 71.7 Å². The number of nitrogens with zero attached hydrogens (tertiary/aromatic N) is 1. The fourth-order valence-corrected chi connectivity index (χ4v) is 3.34. The zero-order valence-corrected chi connectivity index (χ0v) is 14.5. The van der Waals surface area contributed by atoms with Crippen LogP contribution in [-0.2, 0) is 6.42 Å². The highest BCUT2D eigenvalue weighted by Gasteiger charge is 2.16. The van der Waals surface area contributed by atoms with E-state index in [4.69, 9.17) is 5.73 Å². The van der Waals surface area contributed by atoms with Gasteiger partial charge in [-0.1, -0.05) is 36.4 Å². The van der Waals surface area contributed by atoms with Gasteiger partial charge in [-0.25, -0.2) is 4.98 Å². The van der Waals surface area contributed by atoms with Crippen LogP contribution in [0.4, 0.5) is 5.82 Å². The molecule has 4 heteroatoms. The van der Waals surface area contributed by atoms with Crippen molar-refractivity contribution in [3.8, 4) is 11.3 Å². The smallest absolute Gasteiger partial charge is 0.188 e. The molecule has 0 aliphatic heterocycles. The van der Waals surface area contributed by atoms with Gasteiger partial charge < -0.3 is 10.7 Å². The molecule has 0 saturated heterocycles. The number of nitrogens with one attached hydrogen (secondary N) is 1. The lowest BCUT2D eigenvalue weighted by Crippen LogP contribution is -1.99. The van der Waals surface area contributed by atoms with Crippen molar-refractivity contribution in [2.75, 3.05) is 5.73 Å². The molecule has 0 aliphatic carbocycles. The van der Waals surface area contributed by atoms with E-state index in [0.717, 1.165) is 38.9 Å². The molecular weight excluding hydrogens is 322 g/mol. The van der Waals surface area contributed by atoms with E-state index >= 15 is 0 Å². The molecule has 26 heavy (non-hydrogen) atoms. The Labute approximate surface area is 151 Å². The Bertz CT molecular complexity index is 1150. The number of benzene rings is 1. The second-order valence-electron chi connectivity index (χ2n) is 6.48. The molecule has 2 heterocycles. The first-order valence-corrected chi connectivity index (χ1v) is 8.53. The molecule has 4 nitrogen and oxygen atoms in total. The van der Waals surface area contributed by atoms with Crippen molar-refractivity contribution in [3.63, 3.8) is 0 Å². The first kappa shape index (κ1) is 16.1. The molecule has 0 atom stereocenters. The molecular formula is C22H19N3O. The number of aryl methyl sites for hydroxylation is 1. The van der Waals surface area contributed by atoms with Gasteiger partial charge in [-0.2, -0.15) is 0 Å². The molecule has 0 bridgehead atoms. The average molecular weight is 341 g/mol. The van der Waals surface area contributed by atoms with Gasteiger partial charge in [-0.15, -0.1) is 0 Å². The summed E-state index contributed by atoms with van der Waals surface area (Å²) in [5.74, 6) is 0.455. The molecule has 0 spiro atoms. The highest BCUT2D eigenvalue weighted by Crippen LogP contribution is 2.31. The van der Waals surface area contributed by atoms with Gasteiger partial charge in [0.2, 0.25) is 0 Å². The Morgan fingerprint density at radius 1 is 1.04 bits per heavy atom. The maximum Gasteiger partial charge on any atom is 0.188 e. The largest absolute Gasteiger partial charge is 0.384 e. The third-order valence-corrected chi connectivity index (χ3v) is 4.54. The molecule has 2 aromatic carbocycles. The molecule has 4 aromatic rings. The summed E-state index contributed by atoms with van der Waals surface area (Å²) >= 11 is 0. The van der Waals surface area contributed by atoms with Crippen molar-refractivity contribution in [3.05, 3.63) is 93.8 Å². The van der Waals surface area contributed by atoms with E-state index in [1.54, 1.807) is 12.3 Å². The number of aromatic amines is 1. The van der Waals surface area contributed by atoms with E-state index < -0.39 is 0 Å². The van der Waals surface area contributed by atoms with Crippen LogP contribution in [0.2, 0.25) is 0 Å². The summed E-state index contributed by atoms with van der Waals surface area (Å²) in [5.41, 5.74) is 11.8. The maximum absolute atomic E-state index is 12.8. The van der Waals surface area contributed by atoms with Gasteiger partial charge in [0, 0.05) is 18.2 Å². The van der Waals surface area contributed by atoms with Gasteiger partial charge in [0.1, 0.15) is 5.82 Å². The van der Waals surface area contributed by atoms with Crippen LogP contribution in [0.25, 0.3) is 22.2 Å². The van der Waals surface area contributed by atoms with E-state index in [1.807, 2.05) is 49.4 Å². The molecule has 128 valence electrons. The minimum Gasteiger partial charge on any atom is -0.384 e. The summed E-state index contributed by atoms with van der Waals surface area (Å²) in [5, 5.41) is 0.729. The zero-order valence-electron chi connectivity index (χ0n) is 14.5. The maximum atomic E-state index is 12.8. The molecule has 2 aromatic heterocycles. The molecule has 0 amide bonds. The van der Waals surface area contributed by atoms with Crippen LogP contribution < -0.4 is 11.2 Å². The quantitative estimate of drug-likeness (QED) is 0.590. The van der Waals surface area contributed by atoms with E-state index in [2.05, 4.69) is 22.1 Å². The number of nitrogens with two attached hydrogens (primary N) is 1. The number of aromatic nitrogens is 2. The SMILES string of the molecule is Cc1ccc(=O)c2c(Cc3ccccc3)c(-c3ccnc(N)c3)[nH]c2c1. The Morgan fingerprint density at radius 2 is 1.85 bits per heavy atom. The third-order valence-electron chi connectivity index (χ3n) is 4.54. The van der Waals surface area contributed by atoms with Crippen LogP contribution in [0.1, 0.15) is 16.7 Å². The zero-order chi connectivity index (χ0) is 18.1. The number of anilines is 1. The number of H-pyrrole nitrogens is 1. The fraction of sp³-hybridized carbons (Fsp3) is 0.0909. The molecule has 3 N–H and O–H groups in total. The predicted molar refractivity (Wildman–Crippen MR) is 106 cm³/mol. The Kier molecular flexibility index (Phi) is 4.01. The van der Waals surface area contributed by atoms with Crippen molar-refractivity contribution in [1.82, 2.24) is 9.97 Å². The molecule has 0 radical (unpaired) electrons. The van der Waals surface area contributed by atoms with Gasteiger partial charge in [-0.05, 0) is 47.9 Å².